The minimum Gasteiger partial charge on any atom is -0.457 e. The SMILES string of the molecule is CC(C)(C)OC(=O)/C=C/C1CN(C(=O)OC(C)(C)C)CCO1. The first-order valence-electron chi connectivity index (χ1n) is 7.47. The second-order valence-electron chi connectivity index (χ2n) is 7.23. The first kappa shape index (κ1) is 18.5. The lowest BCUT2D eigenvalue weighted by Crippen LogP contribution is -2.47. The molecule has 1 unspecified atom stereocenters. The fourth-order valence-corrected chi connectivity index (χ4v) is 1.81. The summed E-state index contributed by atoms with van der Waals surface area (Å²) in [6.07, 6.45) is 2.25. The zero-order valence-corrected chi connectivity index (χ0v) is 14.3. The minimum absolute atomic E-state index is 0.339. The standard InChI is InChI=1S/C16H27NO5/c1-15(2,3)21-13(18)8-7-12-11-17(9-10-20-12)14(19)22-16(4,5)6/h7-8,12H,9-11H2,1-6H3/b8-7+. The minimum atomic E-state index is -0.531. The molecule has 6 nitrogen and oxygen atoms in total. The number of morpholine rings is 1. The van der Waals surface area contributed by atoms with Gasteiger partial charge in [0.15, 0.2) is 0 Å². The molecule has 0 aromatic heterocycles. The summed E-state index contributed by atoms with van der Waals surface area (Å²) >= 11 is 0. The van der Waals surface area contributed by atoms with Gasteiger partial charge < -0.3 is 19.1 Å². The smallest absolute Gasteiger partial charge is 0.410 e. The molecule has 6 heteroatoms. The maximum atomic E-state index is 12.0. The Morgan fingerprint density at radius 1 is 1.09 bits per heavy atom. The third-order valence-corrected chi connectivity index (χ3v) is 2.60. The average molecular weight is 313 g/mol. The maximum Gasteiger partial charge on any atom is 0.410 e. The third kappa shape index (κ3) is 7.45. The molecular weight excluding hydrogens is 286 g/mol. The molecule has 1 fully saturated rings. The second-order valence-corrected chi connectivity index (χ2v) is 7.23. The van der Waals surface area contributed by atoms with Gasteiger partial charge in [0.1, 0.15) is 11.2 Å². The van der Waals surface area contributed by atoms with E-state index in [-0.39, 0.29) is 12.2 Å². The number of carbonyl (C=O) groups is 2. The molecule has 22 heavy (non-hydrogen) atoms. The number of hydrogen-bond donors (Lipinski definition) is 0. The van der Waals surface area contributed by atoms with Crippen molar-refractivity contribution in [2.45, 2.75) is 58.8 Å². The summed E-state index contributed by atoms with van der Waals surface area (Å²) in [5, 5.41) is 0. The lowest BCUT2D eigenvalue weighted by Gasteiger charge is -2.33. The predicted molar refractivity (Wildman–Crippen MR) is 82.5 cm³/mol. The number of rotatable bonds is 2. The number of amides is 1. The van der Waals surface area contributed by atoms with E-state index in [2.05, 4.69) is 0 Å². The Labute approximate surface area is 132 Å². The van der Waals surface area contributed by atoms with E-state index in [4.69, 9.17) is 14.2 Å². The molecule has 1 aliphatic heterocycles. The van der Waals surface area contributed by atoms with E-state index in [9.17, 15) is 9.59 Å². The zero-order chi connectivity index (χ0) is 17.0. The zero-order valence-electron chi connectivity index (χ0n) is 14.3. The van der Waals surface area contributed by atoms with Crippen LogP contribution in [0.4, 0.5) is 4.79 Å². The summed E-state index contributed by atoms with van der Waals surface area (Å²) in [4.78, 5) is 25.2. The largest absolute Gasteiger partial charge is 0.457 e. The lowest BCUT2D eigenvalue weighted by molar-refractivity contribution is -0.148. The van der Waals surface area contributed by atoms with E-state index in [0.717, 1.165) is 0 Å². The van der Waals surface area contributed by atoms with Crippen LogP contribution in [0.5, 0.6) is 0 Å². The van der Waals surface area contributed by atoms with Crippen LogP contribution in [0.1, 0.15) is 41.5 Å². The van der Waals surface area contributed by atoms with Crippen LogP contribution in [0.15, 0.2) is 12.2 Å². The van der Waals surface area contributed by atoms with Crippen molar-refractivity contribution in [1.29, 1.82) is 0 Å². The van der Waals surface area contributed by atoms with E-state index >= 15 is 0 Å². The summed E-state index contributed by atoms with van der Waals surface area (Å²) in [7, 11) is 0. The molecule has 1 atom stereocenters. The van der Waals surface area contributed by atoms with Crippen molar-refractivity contribution in [2.24, 2.45) is 0 Å². The highest BCUT2D eigenvalue weighted by Crippen LogP contribution is 2.14. The van der Waals surface area contributed by atoms with Crippen LogP contribution in [-0.2, 0) is 19.0 Å². The summed E-state index contributed by atoms with van der Waals surface area (Å²) in [6.45, 7) is 12.1. The summed E-state index contributed by atoms with van der Waals surface area (Å²) in [6, 6.07) is 0. The van der Waals surface area contributed by atoms with Crippen LogP contribution < -0.4 is 0 Å². The lowest BCUT2D eigenvalue weighted by atomic mass is 10.2. The maximum absolute atomic E-state index is 12.0. The Hall–Kier alpha value is -1.56. The van der Waals surface area contributed by atoms with Gasteiger partial charge in [0.05, 0.1) is 19.3 Å². The highest BCUT2D eigenvalue weighted by molar-refractivity contribution is 5.82. The normalized spacial score (nSPS) is 20.1. The highest BCUT2D eigenvalue weighted by atomic mass is 16.6. The Morgan fingerprint density at radius 2 is 1.68 bits per heavy atom. The molecule has 0 saturated carbocycles. The van der Waals surface area contributed by atoms with E-state index in [1.54, 1.807) is 31.7 Å². The molecule has 0 spiro atoms. The molecule has 1 saturated heterocycles. The quantitative estimate of drug-likeness (QED) is 0.579. The van der Waals surface area contributed by atoms with Gasteiger partial charge in [-0.2, -0.15) is 0 Å². The van der Waals surface area contributed by atoms with Gasteiger partial charge in [-0.15, -0.1) is 0 Å². The molecule has 0 radical (unpaired) electrons. The Bertz CT molecular complexity index is 431. The van der Waals surface area contributed by atoms with E-state index in [1.165, 1.54) is 6.08 Å². The summed E-state index contributed by atoms with van der Waals surface area (Å²) in [5.74, 6) is -0.425. The number of carbonyl (C=O) groups excluding carboxylic acids is 2. The van der Waals surface area contributed by atoms with E-state index in [1.807, 2.05) is 20.8 Å². The molecule has 0 aromatic rings. The van der Waals surface area contributed by atoms with Crippen molar-refractivity contribution < 1.29 is 23.8 Å². The molecule has 0 aliphatic carbocycles. The molecule has 0 aromatic carbocycles. The van der Waals surface area contributed by atoms with Crippen molar-refractivity contribution in [1.82, 2.24) is 4.90 Å². The van der Waals surface area contributed by atoms with Crippen molar-refractivity contribution >= 4 is 12.1 Å². The van der Waals surface area contributed by atoms with Gasteiger partial charge in [-0.3, -0.25) is 0 Å². The van der Waals surface area contributed by atoms with E-state index < -0.39 is 17.2 Å². The van der Waals surface area contributed by atoms with Gasteiger partial charge in [0.2, 0.25) is 0 Å². The van der Waals surface area contributed by atoms with Gasteiger partial charge >= 0.3 is 12.1 Å². The van der Waals surface area contributed by atoms with Crippen LogP contribution in [0.25, 0.3) is 0 Å². The number of ether oxygens (including phenoxy) is 3. The van der Waals surface area contributed by atoms with Crippen LogP contribution in [0, 0.1) is 0 Å². The van der Waals surface area contributed by atoms with Gasteiger partial charge in [0.25, 0.3) is 0 Å². The third-order valence-electron chi connectivity index (χ3n) is 2.60. The molecule has 1 aliphatic rings. The van der Waals surface area contributed by atoms with Gasteiger partial charge in [-0.1, -0.05) is 0 Å². The monoisotopic (exact) mass is 313 g/mol. The number of hydrogen-bond acceptors (Lipinski definition) is 5. The predicted octanol–water partition coefficient (Wildman–Crippen LogP) is 2.52. The molecule has 1 heterocycles. The summed E-state index contributed by atoms with van der Waals surface area (Å²) < 4.78 is 16.0. The highest BCUT2D eigenvalue weighted by Gasteiger charge is 2.27. The van der Waals surface area contributed by atoms with Gasteiger partial charge in [-0.05, 0) is 47.6 Å². The van der Waals surface area contributed by atoms with Crippen molar-refractivity contribution in [3.8, 4) is 0 Å². The van der Waals surface area contributed by atoms with Crippen molar-refractivity contribution in [3.63, 3.8) is 0 Å². The first-order chi connectivity index (χ1) is 9.96. The van der Waals surface area contributed by atoms with Crippen LogP contribution in [-0.4, -0.2) is 54.0 Å². The Morgan fingerprint density at radius 3 is 2.23 bits per heavy atom. The number of nitrogens with zero attached hydrogens (tertiary/aromatic N) is 1. The number of esters is 1. The topological polar surface area (TPSA) is 65.1 Å². The molecule has 0 bridgehead atoms. The molecule has 1 rings (SSSR count). The second kappa shape index (κ2) is 7.13. The van der Waals surface area contributed by atoms with Crippen LogP contribution in [0.3, 0.4) is 0 Å². The Kier molecular flexibility index (Phi) is 6.00. The molecule has 126 valence electrons. The van der Waals surface area contributed by atoms with Gasteiger partial charge in [0, 0.05) is 12.6 Å². The van der Waals surface area contributed by atoms with E-state index in [0.29, 0.717) is 19.7 Å². The van der Waals surface area contributed by atoms with Gasteiger partial charge in [-0.25, -0.2) is 9.59 Å². The molecule has 0 N–H and O–H groups in total. The van der Waals surface area contributed by atoms with Crippen molar-refractivity contribution in [3.05, 3.63) is 12.2 Å². The Balaban J connectivity index is 2.53. The van der Waals surface area contributed by atoms with Crippen LogP contribution >= 0.6 is 0 Å². The molecular formula is C16H27NO5. The van der Waals surface area contributed by atoms with Crippen molar-refractivity contribution in [2.75, 3.05) is 19.7 Å². The average Bonchev–Trinajstić information content (AvgIpc) is 2.32. The first-order valence-corrected chi connectivity index (χ1v) is 7.47. The summed E-state index contributed by atoms with van der Waals surface area (Å²) in [5.41, 5.74) is -1.06. The fraction of sp³-hybridized carbons (Fsp3) is 0.750. The van der Waals surface area contributed by atoms with Crippen LogP contribution in [0.2, 0.25) is 0 Å². The fourth-order valence-electron chi connectivity index (χ4n) is 1.81. The molecule has 1 amide bonds.